The molecular formula is C17H23Cl3N2O3. The first kappa shape index (κ1) is 22.0. The van der Waals surface area contributed by atoms with Crippen LogP contribution in [0.25, 0.3) is 0 Å². The molecule has 0 radical (unpaired) electrons. The van der Waals surface area contributed by atoms with Crippen molar-refractivity contribution in [3.8, 4) is 5.75 Å². The molecule has 8 heteroatoms. The molecule has 0 heterocycles. The number of carbonyl (C=O) groups excluding carboxylic acids is 1. The van der Waals surface area contributed by atoms with E-state index in [2.05, 4.69) is 0 Å². The Hall–Kier alpha value is -1.01. The van der Waals surface area contributed by atoms with Crippen molar-refractivity contribution in [1.29, 1.82) is 5.41 Å². The van der Waals surface area contributed by atoms with Gasteiger partial charge in [0.25, 0.3) is 0 Å². The maximum absolute atomic E-state index is 13.0. The number of benzene rings is 1. The Labute approximate surface area is 163 Å². The lowest BCUT2D eigenvalue weighted by Crippen LogP contribution is -2.32. The summed E-state index contributed by atoms with van der Waals surface area (Å²) in [6.45, 7) is 1.99. The predicted octanol–water partition coefficient (Wildman–Crippen LogP) is 3.84. The molecule has 140 valence electrons. The van der Waals surface area contributed by atoms with Gasteiger partial charge in [0.05, 0.1) is 5.02 Å². The minimum Gasteiger partial charge on any atom is -0.484 e. The van der Waals surface area contributed by atoms with Gasteiger partial charge in [-0.2, -0.15) is 0 Å². The first-order chi connectivity index (χ1) is 10.8. The van der Waals surface area contributed by atoms with Gasteiger partial charge in [0.2, 0.25) is 0 Å². The van der Waals surface area contributed by atoms with Crippen LogP contribution in [0.1, 0.15) is 48.5 Å². The van der Waals surface area contributed by atoms with Crippen molar-refractivity contribution in [2.75, 3.05) is 6.61 Å². The molecule has 5 N–H and O–H groups in total. The lowest BCUT2D eigenvalue weighted by molar-refractivity contribution is 0.0744. The Morgan fingerprint density at radius 3 is 2.52 bits per heavy atom. The number of fused-ring (bicyclic) bond motifs is 1. The van der Waals surface area contributed by atoms with Gasteiger partial charge in [-0.1, -0.05) is 43.0 Å². The average Bonchev–Trinajstić information content (AvgIpc) is 3.10. The molecule has 5 nitrogen and oxygen atoms in total. The molecule has 1 atom stereocenters. The number of ether oxygens (including phenoxy) is 1. The van der Waals surface area contributed by atoms with E-state index in [9.17, 15) is 4.79 Å². The van der Waals surface area contributed by atoms with E-state index in [1.54, 1.807) is 6.07 Å². The van der Waals surface area contributed by atoms with Gasteiger partial charge >= 0.3 is 0 Å². The maximum Gasteiger partial charge on any atom is 0.171 e. The summed E-state index contributed by atoms with van der Waals surface area (Å²) >= 11 is 12.6. The van der Waals surface area contributed by atoms with E-state index in [0.717, 1.165) is 18.4 Å². The highest BCUT2D eigenvalue weighted by molar-refractivity contribution is 6.45. The van der Waals surface area contributed by atoms with Crippen molar-refractivity contribution in [2.45, 2.75) is 39.0 Å². The second kappa shape index (κ2) is 8.12. The topological polar surface area (TPSA) is 108 Å². The van der Waals surface area contributed by atoms with Crippen LogP contribution in [0.2, 0.25) is 10.0 Å². The van der Waals surface area contributed by atoms with Crippen molar-refractivity contribution in [3.05, 3.63) is 27.2 Å². The Kier molecular flexibility index (Phi) is 7.16. The van der Waals surface area contributed by atoms with Crippen LogP contribution in [0, 0.1) is 16.7 Å². The molecule has 0 saturated heterocycles. The standard InChI is InChI=1S/C17H20Cl2N2O2.ClH.H2O/c1-17(10-4-2-3-5-10)7-9-6-11(23-8-12(20)21)14(18)15(19)13(9)16(17)22;;/h6,10H,2-5,7-8H2,1H3,(H3,20,21);1H;1H2. The van der Waals surface area contributed by atoms with Crippen LogP contribution in [0.5, 0.6) is 5.75 Å². The molecule has 1 saturated carbocycles. The molecule has 3 rings (SSSR count). The van der Waals surface area contributed by atoms with Gasteiger partial charge in [0, 0.05) is 11.0 Å². The van der Waals surface area contributed by atoms with Gasteiger partial charge in [0.1, 0.15) is 23.2 Å². The van der Waals surface area contributed by atoms with Crippen molar-refractivity contribution in [3.63, 3.8) is 0 Å². The molecule has 1 aromatic rings. The number of Topliss-reactive ketones (excluding diaryl/α,β-unsaturated/α-hetero) is 1. The molecule has 1 aromatic carbocycles. The Morgan fingerprint density at radius 1 is 1.36 bits per heavy atom. The summed E-state index contributed by atoms with van der Waals surface area (Å²) in [6.07, 6.45) is 5.22. The van der Waals surface area contributed by atoms with Gasteiger partial charge in [0.15, 0.2) is 5.78 Å². The third-order valence-electron chi connectivity index (χ3n) is 5.20. The molecular weight excluding hydrogens is 387 g/mol. The molecule has 2 aliphatic carbocycles. The Bertz CT molecular complexity index is 690. The van der Waals surface area contributed by atoms with E-state index in [0.29, 0.717) is 23.7 Å². The minimum absolute atomic E-state index is 0. The highest BCUT2D eigenvalue weighted by Gasteiger charge is 2.49. The Morgan fingerprint density at radius 2 is 1.96 bits per heavy atom. The molecule has 0 aromatic heterocycles. The lowest BCUT2D eigenvalue weighted by Gasteiger charge is -2.29. The fraction of sp³-hybridized carbons (Fsp3) is 0.529. The first-order valence-corrected chi connectivity index (χ1v) is 8.61. The largest absolute Gasteiger partial charge is 0.484 e. The van der Waals surface area contributed by atoms with Crippen LogP contribution in [0.3, 0.4) is 0 Å². The number of hydrogen-bond donors (Lipinski definition) is 2. The molecule has 25 heavy (non-hydrogen) atoms. The summed E-state index contributed by atoms with van der Waals surface area (Å²) in [5.41, 5.74) is 6.35. The Balaban J connectivity index is 0.00000156. The summed E-state index contributed by atoms with van der Waals surface area (Å²) in [5, 5.41) is 7.73. The number of nitrogens with two attached hydrogens (primary N) is 1. The number of nitrogens with one attached hydrogen (secondary N) is 1. The summed E-state index contributed by atoms with van der Waals surface area (Å²) in [5.74, 6) is 0.793. The minimum atomic E-state index is -0.398. The van der Waals surface area contributed by atoms with Crippen LogP contribution < -0.4 is 10.5 Å². The number of hydrogen-bond acceptors (Lipinski definition) is 3. The number of halogens is 3. The van der Waals surface area contributed by atoms with Crippen LogP contribution in [0.4, 0.5) is 0 Å². The van der Waals surface area contributed by atoms with Crippen molar-refractivity contribution in [2.24, 2.45) is 17.1 Å². The van der Waals surface area contributed by atoms with Gasteiger partial charge in [-0.25, -0.2) is 0 Å². The summed E-state index contributed by atoms with van der Waals surface area (Å²) < 4.78 is 5.46. The second-order valence-electron chi connectivity index (χ2n) is 6.76. The van der Waals surface area contributed by atoms with Crippen LogP contribution in [-0.2, 0) is 6.42 Å². The van der Waals surface area contributed by atoms with Crippen LogP contribution in [0.15, 0.2) is 6.07 Å². The third-order valence-corrected chi connectivity index (χ3v) is 6.05. The van der Waals surface area contributed by atoms with Gasteiger partial charge in [-0.15, -0.1) is 12.4 Å². The SMILES string of the molecule is CC1(C2CCCC2)Cc2cc(OCC(=N)N)c(Cl)c(Cl)c2C1=O.Cl.O. The monoisotopic (exact) mass is 408 g/mol. The van der Waals surface area contributed by atoms with Crippen molar-refractivity contribution in [1.82, 2.24) is 0 Å². The fourth-order valence-corrected chi connectivity index (χ4v) is 4.46. The summed E-state index contributed by atoms with van der Waals surface area (Å²) in [7, 11) is 0. The van der Waals surface area contributed by atoms with E-state index in [1.807, 2.05) is 6.92 Å². The summed E-state index contributed by atoms with van der Waals surface area (Å²) in [6, 6.07) is 1.78. The van der Waals surface area contributed by atoms with E-state index < -0.39 is 5.41 Å². The zero-order chi connectivity index (χ0) is 16.8. The number of amidine groups is 1. The third kappa shape index (κ3) is 3.75. The van der Waals surface area contributed by atoms with Gasteiger partial charge in [-0.3, -0.25) is 10.2 Å². The number of ketones is 1. The van der Waals surface area contributed by atoms with Crippen LogP contribution in [-0.4, -0.2) is 23.7 Å². The molecule has 0 amide bonds. The second-order valence-corrected chi connectivity index (χ2v) is 7.51. The zero-order valence-electron chi connectivity index (χ0n) is 14.0. The van der Waals surface area contributed by atoms with E-state index >= 15 is 0 Å². The molecule has 1 fully saturated rings. The quantitative estimate of drug-likeness (QED) is 0.582. The fourth-order valence-electron chi connectivity index (χ4n) is 3.95. The zero-order valence-corrected chi connectivity index (χ0v) is 16.3. The van der Waals surface area contributed by atoms with E-state index in [4.69, 9.17) is 39.1 Å². The normalized spacial score (nSPS) is 22.1. The van der Waals surface area contributed by atoms with E-state index in [-0.39, 0.29) is 46.2 Å². The van der Waals surface area contributed by atoms with Gasteiger partial charge < -0.3 is 15.9 Å². The lowest BCUT2D eigenvalue weighted by atomic mass is 9.73. The smallest absolute Gasteiger partial charge is 0.171 e. The van der Waals surface area contributed by atoms with Crippen LogP contribution >= 0.6 is 35.6 Å². The number of rotatable bonds is 4. The molecule has 0 bridgehead atoms. The molecule has 2 aliphatic rings. The predicted molar refractivity (Wildman–Crippen MR) is 103 cm³/mol. The van der Waals surface area contributed by atoms with E-state index in [1.165, 1.54) is 12.8 Å². The van der Waals surface area contributed by atoms with Gasteiger partial charge in [-0.05, 0) is 36.8 Å². The first-order valence-electron chi connectivity index (χ1n) is 7.86. The molecule has 0 aliphatic heterocycles. The van der Waals surface area contributed by atoms with Crippen molar-refractivity contribution < 1.29 is 15.0 Å². The highest BCUT2D eigenvalue weighted by Crippen LogP contribution is 2.52. The average molecular weight is 410 g/mol. The summed E-state index contributed by atoms with van der Waals surface area (Å²) in [4.78, 5) is 13.0. The number of carbonyl (C=O) groups is 1. The highest BCUT2D eigenvalue weighted by atomic mass is 35.5. The van der Waals surface area contributed by atoms with Crippen molar-refractivity contribution >= 4 is 47.2 Å². The molecule has 1 unspecified atom stereocenters. The maximum atomic E-state index is 13.0. The molecule has 0 spiro atoms.